The lowest BCUT2D eigenvalue weighted by atomic mass is 9.88. The van der Waals surface area contributed by atoms with Crippen LogP contribution in [-0.2, 0) is 17.8 Å². The Morgan fingerprint density at radius 2 is 1.81 bits per heavy atom. The van der Waals surface area contributed by atoms with E-state index in [1.807, 2.05) is 25.1 Å². The predicted molar refractivity (Wildman–Crippen MR) is 130 cm³/mol. The van der Waals surface area contributed by atoms with E-state index in [0.29, 0.717) is 11.3 Å². The van der Waals surface area contributed by atoms with E-state index >= 15 is 0 Å². The number of anilines is 2. The van der Waals surface area contributed by atoms with Crippen LogP contribution in [0.2, 0.25) is 0 Å². The standard InChI is InChI=1S/C27H35N3O2/c1-3-19(2)28-27(32)24-17-23(29-26(31)21-10-5-4-6-11-21)13-14-25(24)30-16-15-20-9-7-8-12-22(20)18-30/h7-9,12-14,17,19,21H,3-6,10-11,15-16,18H2,1-2H3,(H,28,32)(H,29,31). The molecule has 1 atom stereocenters. The van der Waals surface area contributed by atoms with Gasteiger partial charge in [0.1, 0.15) is 0 Å². The van der Waals surface area contributed by atoms with Crippen molar-refractivity contribution in [3.05, 3.63) is 59.2 Å². The molecule has 2 amide bonds. The summed E-state index contributed by atoms with van der Waals surface area (Å²) < 4.78 is 0. The number of carbonyl (C=O) groups is 2. The van der Waals surface area contributed by atoms with Crippen molar-refractivity contribution in [1.29, 1.82) is 0 Å². The van der Waals surface area contributed by atoms with Crippen LogP contribution in [0.4, 0.5) is 11.4 Å². The van der Waals surface area contributed by atoms with E-state index in [1.54, 1.807) is 0 Å². The number of hydrogen-bond donors (Lipinski definition) is 2. The van der Waals surface area contributed by atoms with Crippen molar-refractivity contribution in [2.24, 2.45) is 5.92 Å². The third kappa shape index (κ3) is 5.14. The molecule has 1 unspecified atom stereocenters. The molecule has 2 aromatic carbocycles. The summed E-state index contributed by atoms with van der Waals surface area (Å²) in [5.41, 5.74) is 4.95. The molecule has 1 aliphatic heterocycles. The minimum atomic E-state index is -0.0815. The molecule has 2 aromatic rings. The highest BCUT2D eigenvalue weighted by Crippen LogP contribution is 2.31. The Labute approximate surface area is 191 Å². The summed E-state index contributed by atoms with van der Waals surface area (Å²) in [6.45, 7) is 5.74. The zero-order valence-electron chi connectivity index (χ0n) is 19.3. The van der Waals surface area contributed by atoms with Gasteiger partial charge in [-0.2, -0.15) is 0 Å². The molecule has 1 fully saturated rings. The van der Waals surface area contributed by atoms with Crippen molar-refractivity contribution in [2.45, 2.75) is 71.4 Å². The lowest BCUT2D eigenvalue weighted by Crippen LogP contribution is -2.36. The first-order valence-electron chi connectivity index (χ1n) is 12.1. The summed E-state index contributed by atoms with van der Waals surface area (Å²) in [5, 5.41) is 6.19. The van der Waals surface area contributed by atoms with Crippen LogP contribution in [0.3, 0.4) is 0 Å². The molecule has 0 radical (unpaired) electrons. The topological polar surface area (TPSA) is 61.4 Å². The highest BCUT2D eigenvalue weighted by Gasteiger charge is 2.24. The van der Waals surface area contributed by atoms with Gasteiger partial charge in [-0.3, -0.25) is 9.59 Å². The Hall–Kier alpha value is -2.82. The summed E-state index contributed by atoms with van der Waals surface area (Å²) in [6, 6.07) is 14.4. The fourth-order valence-electron chi connectivity index (χ4n) is 4.79. The molecule has 5 nitrogen and oxygen atoms in total. The van der Waals surface area contributed by atoms with E-state index in [1.165, 1.54) is 17.5 Å². The molecule has 32 heavy (non-hydrogen) atoms. The van der Waals surface area contributed by atoms with Crippen LogP contribution in [0, 0.1) is 5.92 Å². The Balaban J connectivity index is 1.59. The minimum Gasteiger partial charge on any atom is -0.366 e. The van der Waals surface area contributed by atoms with Crippen LogP contribution in [0.25, 0.3) is 0 Å². The Kier molecular flexibility index (Phi) is 7.13. The zero-order chi connectivity index (χ0) is 22.5. The van der Waals surface area contributed by atoms with Crippen LogP contribution >= 0.6 is 0 Å². The molecule has 0 bridgehead atoms. The largest absolute Gasteiger partial charge is 0.366 e. The average molecular weight is 434 g/mol. The Bertz CT molecular complexity index is 965. The van der Waals surface area contributed by atoms with Crippen LogP contribution in [0.5, 0.6) is 0 Å². The first-order chi connectivity index (χ1) is 15.5. The van der Waals surface area contributed by atoms with Crippen LogP contribution in [0.15, 0.2) is 42.5 Å². The molecule has 0 aromatic heterocycles. The van der Waals surface area contributed by atoms with Crippen molar-refractivity contribution in [3.8, 4) is 0 Å². The Morgan fingerprint density at radius 3 is 2.56 bits per heavy atom. The van der Waals surface area contributed by atoms with Crippen molar-refractivity contribution in [3.63, 3.8) is 0 Å². The van der Waals surface area contributed by atoms with Gasteiger partial charge in [0.25, 0.3) is 5.91 Å². The number of carbonyl (C=O) groups excluding carboxylic acids is 2. The van der Waals surface area contributed by atoms with E-state index in [0.717, 1.165) is 57.3 Å². The monoisotopic (exact) mass is 433 g/mol. The lowest BCUT2D eigenvalue weighted by Gasteiger charge is -2.32. The number of hydrogen-bond acceptors (Lipinski definition) is 3. The van der Waals surface area contributed by atoms with Crippen LogP contribution in [0.1, 0.15) is 73.9 Å². The van der Waals surface area contributed by atoms with Gasteiger partial charge in [-0.15, -0.1) is 0 Å². The molecule has 1 heterocycles. The predicted octanol–water partition coefficient (Wildman–Crippen LogP) is 5.30. The van der Waals surface area contributed by atoms with Gasteiger partial charge in [-0.1, -0.05) is 50.5 Å². The second kappa shape index (κ2) is 10.2. The quantitative estimate of drug-likeness (QED) is 0.650. The summed E-state index contributed by atoms with van der Waals surface area (Å²) in [7, 11) is 0. The highest BCUT2D eigenvalue weighted by molar-refractivity contribution is 6.02. The van der Waals surface area contributed by atoms with E-state index in [9.17, 15) is 9.59 Å². The van der Waals surface area contributed by atoms with Crippen molar-refractivity contribution in [2.75, 3.05) is 16.8 Å². The number of rotatable bonds is 6. The third-order valence-electron chi connectivity index (χ3n) is 6.95. The molecule has 1 saturated carbocycles. The molecule has 1 aliphatic carbocycles. The van der Waals surface area contributed by atoms with Crippen LogP contribution < -0.4 is 15.5 Å². The SMILES string of the molecule is CCC(C)NC(=O)c1cc(NC(=O)C2CCCCC2)ccc1N1CCc2ccccc2C1. The maximum atomic E-state index is 13.2. The second-order valence-electron chi connectivity index (χ2n) is 9.28. The number of nitrogens with one attached hydrogen (secondary N) is 2. The average Bonchev–Trinajstić information content (AvgIpc) is 2.84. The normalized spacial score (nSPS) is 17.4. The summed E-state index contributed by atoms with van der Waals surface area (Å²) in [4.78, 5) is 28.3. The van der Waals surface area contributed by atoms with Gasteiger partial charge in [0.2, 0.25) is 5.91 Å². The van der Waals surface area contributed by atoms with Crippen LogP contribution in [-0.4, -0.2) is 24.4 Å². The maximum absolute atomic E-state index is 13.2. The second-order valence-corrected chi connectivity index (χ2v) is 9.28. The molecular formula is C27H35N3O2. The molecule has 2 aliphatic rings. The molecule has 0 saturated heterocycles. The lowest BCUT2D eigenvalue weighted by molar-refractivity contribution is -0.120. The molecule has 4 rings (SSSR count). The highest BCUT2D eigenvalue weighted by atomic mass is 16.2. The Morgan fingerprint density at radius 1 is 1.06 bits per heavy atom. The van der Waals surface area contributed by atoms with Gasteiger partial charge in [-0.05, 0) is 61.9 Å². The van der Waals surface area contributed by atoms with Gasteiger partial charge in [-0.25, -0.2) is 0 Å². The minimum absolute atomic E-state index is 0.0811. The van der Waals surface area contributed by atoms with Gasteiger partial charge in [0.15, 0.2) is 0 Å². The van der Waals surface area contributed by atoms with E-state index < -0.39 is 0 Å². The molecule has 0 spiro atoms. The number of fused-ring (bicyclic) bond motifs is 1. The molecule has 170 valence electrons. The van der Waals surface area contributed by atoms with Gasteiger partial charge in [0, 0.05) is 36.4 Å². The fraction of sp³-hybridized carbons (Fsp3) is 0.481. The fourth-order valence-corrected chi connectivity index (χ4v) is 4.79. The number of nitrogens with zero attached hydrogens (tertiary/aromatic N) is 1. The summed E-state index contributed by atoms with van der Waals surface area (Å²) in [6.07, 6.45) is 7.21. The first kappa shape index (κ1) is 22.4. The summed E-state index contributed by atoms with van der Waals surface area (Å²) >= 11 is 0. The molecular weight excluding hydrogens is 398 g/mol. The summed E-state index contributed by atoms with van der Waals surface area (Å²) in [5.74, 6) is 0.0824. The van der Waals surface area contributed by atoms with Crippen molar-refractivity contribution in [1.82, 2.24) is 5.32 Å². The number of amides is 2. The van der Waals surface area contributed by atoms with Crippen molar-refractivity contribution >= 4 is 23.2 Å². The first-order valence-corrected chi connectivity index (χ1v) is 12.1. The molecule has 5 heteroatoms. The van der Waals surface area contributed by atoms with Gasteiger partial charge < -0.3 is 15.5 Å². The number of benzene rings is 2. The molecule has 2 N–H and O–H groups in total. The van der Waals surface area contributed by atoms with E-state index in [-0.39, 0.29) is 23.8 Å². The maximum Gasteiger partial charge on any atom is 0.253 e. The smallest absolute Gasteiger partial charge is 0.253 e. The van der Waals surface area contributed by atoms with Crippen molar-refractivity contribution < 1.29 is 9.59 Å². The van der Waals surface area contributed by atoms with E-state index in [2.05, 4.69) is 46.7 Å². The van der Waals surface area contributed by atoms with E-state index in [4.69, 9.17) is 0 Å². The van der Waals surface area contributed by atoms with Gasteiger partial charge in [0.05, 0.1) is 5.56 Å². The third-order valence-corrected chi connectivity index (χ3v) is 6.95. The zero-order valence-corrected chi connectivity index (χ0v) is 19.3. The van der Waals surface area contributed by atoms with Gasteiger partial charge >= 0.3 is 0 Å².